The molecule has 0 aromatic rings. The van der Waals surface area contributed by atoms with Crippen LogP contribution in [0.2, 0.25) is 0 Å². The van der Waals surface area contributed by atoms with Crippen molar-refractivity contribution in [2.75, 3.05) is 19.6 Å². The van der Waals surface area contributed by atoms with Gasteiger partial charge < -0.3 is 4.90 Å². The summed E-state index contributed by atoms with van der Waals surface area (Å²) in [6.45, 7) is 7.67. The zero-order valence-corrected chi connectivity index (χ0v) is 9.34. The summed E-state index contributed by atoms with van der Waals surface area (Å²) >= 11 is 0. The van der Waals surface area contributed by atoms with Gasteiger partial charge in [0, 0.05) is 12.6 Å². The maximum atomic E-state index is 11.6. The Morgan fingerprint density at radius 2 is 2.21 bits per heavy atom. The first-order chi connectivity index (χ1) is 6.67. The number of amides is 1. The second kappa shape index (κ2) is 7.40. The normalized spacial score (nSPS) is 11.9. The lowest BCUT2D eigenvalue weighted by Crippen LogP contribution is -2.43. The predicted molar refractivity (Wildman–Crippen MR) is 58.8 cm³/mol. The van der Waals surface area contributed by atoms with E-state index in [0.29, 0.717) is 19.1 Å². The van der Waals surface area contributed by atoms with E-state index in [0.717, 1.165) is 13.0 Å². The van der Waals surface area contributed by atoms with Gasteiger partial charge in [0.2, 0.25) is 5.91 Å². The van der Waals surface area contributed by atoms with Crippen molar-refractivity contribution in [3.05, 3.63) is 0 Å². The fraction of sp³-hybridized carbons (Fsp3) is 0.727. The number of terminal acetylenes is 1. The van der Waals surface area contributed by atoms with Crippen LogP contribution in [0.25, 0.3) is 0 Å². The summed E-state index contributed by atoms with van der Waals surface area (Å²) < 4.78 is 0. The molecule has 80 valence electrons. The summed E-state index contributed by atoms with van der Waals surface area (Å²) in [4.78, 5) is 13.5. The van der Waals surface area contributed by atoms with Gasteiger partial charge in [-0.25, -0.2) is 0 Å². The van der Waals surface area contributed by atoms with Crippen LogP contribution < -0.4 is 5.32 Å². The van der Waals surface area contributed by atoms with E-state index in [1.165, 1.54) is 0 Å². The summed E-state index contributed by atoms with van der Waals surface area (Å²) in [5.74, 6) is 2.56. The average molecular weight is 196 g/mol. The van der Waals surface area contributed by atoms with Crippen LogP contribution in [-0.4, -0.2) is 36.5 Å². The quantitative estimate of drug-likeness (QED) is 0.505. The van der Waals surface area contributed by atoms with E-state index in [9.17, 15) is 4.79 Å². The lowest BCUT2D eigenvalue weighted by atomic mass is 10.2. The molecule has 0 aliphatic rings. The largest absolute Gasteiger partial charge is 0.339 e. The fourth-order valence-electron chi connectivity index (χ4n) is 1.30. The molecule has 3 nitrogen and oxygen atoms in total. The van der Waals surface area contributed by atoms with E-state index in [1.54, 1.807) is 0 Å². The van der Waals surface area contributed by atoms with Gasteiger partial charge in [-0.2, -0.15) is 0 Å². The molecular weight excluding hydrogens is 176 g/mol. The molecule has 0 aliphatic carbocycles. The third-order valence-corrected chi connectivity index (χ3v) is 2.29. The second-order valence-electron chi connectivity index (χ2n) is 3.24. The molecule has 0 aromatic carbocycles. The highest BCUT2D eigenvalue weighted by atomic mass is 16.2. The SMILES string of the molecule is C#CCNCC(=O)N(CC)C(C)CC. The summed E-state index contributed by atoms with van der Waals surface area (Å²) in [6.07, 6.45) is 6.05. The van der Waals surface area contributed by atoms with Crippen LogP contribution in [0.5, 0.6) is 0 Å². The van der Waals surface area contributed by atoms with E-state index in [2.05, 4.69) is 25.1 Å². The van der Waals surface area contributed by atoms with E-state index in [4.69, 9.17) is 6.42 Å². The molecule has 0 heterocycles. The first-order valence-electron chi connectivity index (χ1n) is 5.10. The molecule has 3 heteroatoms. The Balaban J connectivity index is 3.99. The number of carbonyl (C=O) groups excluding carboxylic acids is 1. The molecule has 0 bridgehead atoms. The Bertz CT molecular complexity index is 208. The standard InChI is InChI=1S/C11H20N2O/c1-5-8-12-9-11(14)13(7-3)10(4)6-2/h1,10,12H,6-9H2,2-4H3. The first-order valence-corrected chi connectivity index (χ1v) is 5.10. The molecule has 1 N–H and O–H groups in total. The highest BCUT2D eigenvalue weighted by Gasteiger charge is 2.15. The Hall–Kier alpha value is -1.01. The third-order valence-electron chi connectivity index (χ3n) is 2.29. The molecule has 0 fully saturated rings. The summed E-state index contributed by atoms with van der Waals surface area (Å²) in [6, 6.07) is 0.306. The van der Waals surface area contributed by atoms with Crippen molar-refractivity contribution in [3.8, 4) is 12.3 Å². The first kappa shape index (κ1) is 13.0. The van der Waals surface area contributed by atoms with Crippen molar-refractivity contribution in [1.82, 2.24) is 10.2 Å². The summed E-state index contributed by atoms with van der Waals surface area (Å²) in [5.41, 5.74) is 0. The van der Waals surface area contributed by atoms with Gasteiger partial charge >= 0.3 is 0 Å². The molecule has 0 rings (SSSR count). The Morgan fingerprint density at radius 3 is 2.64 bits per heavy atom. The highest BCUT2D eigenvalue weighted by Crippen LogP contribution is 2.02. The lowest BCUT2D eigenvalue weighted by Gasteiger charge is -2.27. The minimum Gasteiger partial charge on any atom is -0.339 e. The fourth-order valence-corrected chi connectivity index (χ4v) is 1.30. The molecule has 0 saturated heterocycles. The number of likely N-dealkylation sites (N-methyl/N-ethyl adjacent to an activating group) is 1. The number of hydrogen-bond donors (Lipinski definition) is 1. The third kappa shape index (κ3) is 4.29. The van der Waals surface area contributed by atoms with Crippen molar-refractivity contribution in [3.63, 3.8) is 0 Å². The minimum atomic E-state index is 0.122. The Labute approximate surface area is 86.9 Å². The van der Waals surface area contributed by atoms with Crippen molar-refractivity contribution in [2.24, 2.45) is 0 Å². The van der Waals surface area contributed by atoms with Crippen molar-refractivity contribution in [2.45, 2.75) is 33.2 Å². The summed E-state index contributed by atoms with van der Waals surface area (Å²) in [7, 11) is 0. The number of nitrogens with zero attached hydrogens (tertiary/aromatic N) is 1. The number of rotatable bonds is 6. The van der Waals surface area contributed by atoms with Gasteiger partial charge in [0.05, 0.1) is 13.1 Å². The van der Waals surface area contributed by atoms with E-state index in [1.807, 2.05) is 11.8 Å². The number of hydrogen-bond acceptors (Lipinski definition) is 2. The predicted octanol–water partition coefficient (Wildman–Crippen LogP) is 0.856. The van der Waals surface area contributed by atoms with Gasteiger partial charge in [-0.05, 0) is 20.3 Å². The molecule has 0 saturated carbocycles. The van der Waals surface area contributed by atoms with Crippen molar-refractivity contribution < 1.29 is 4.79 Å². The van der Waals surface area contributed by atoms with Crippen LogP contribution in [-0.2, 0) is 4.79 Å². The van der Waals surface area contributed by atoms with Crippen LogP contribution in [0.1, 0.15) is 27.2 Å². The summed E-state index contributed by atoms with van der Waals surface area (Å²) in [5, 5.41) is 2.90. The molecule has 14 heavy (non-hydrogen) atoms. The van der Waals surface area contributed by atoms with Crippen LogP contribution in [0.15, 0.2) is 0 Å². The van der Waals surface area contributed by atoms with Gasteiger partial charge in [-0.1, -0.05) is 12.8 Å². The van der Waals surface area contributed by atoms with Gasteiger partial charge in [-0.3, -0.25) is 10.1 Å². The highest BCUT2D eigenvalue weighted by molar-refractivity contribution is 5.78. The zero-order chi connectivity index (χ0) is 11.0. The molecule has 1 unspecified atom stereocenters. The lowest BCUT2D eigenvalue weighted by molar-refractivity contribution is -0.132. The number of carbonyl (C=O) groups is 1. The Kier molecular flexibility index (Phi) is 6.87. The topological polar surface area (TPSA) is 32.3 Å². The van der Waals surface area contributed by atoms with Crippen LogP contribution in [0.4, 0.5) is 0 Å². The average Bonchev–Trinajstić information content (AvgIpc) is 2.19. The van der Waals surface area contributed by atoms with Crippen LogP contribution in [0.3, 0.4) is 0 Å². The van der Waals surface area contributed by atoms with Crippen molar-refractivity contribution >= 4 is 5.91 Å². The number of nitrogens with one attached hydrogen (secondary N) is 1. The monoisotopic (exact) mass is 196 g/mol. The van der Waals surface area contributed by atoms with Gasteiger partial charge in [0.25, 0.3) is 0 Å². The molecule has 1 amide bonds. The van der Waals surface area contributed by atoms with E-state index >= 15 is 0 Å². The minimum absolute atomic E-state index is 0.122. The van der Waals surface area contributed by atoms with Gasteiger partial charge in [0.1, 0.15) is 0 Å². The maximum absolute atomic E-state index is 11.6. The van der Waals surface area contributed by atoms with E-state index < -0.39 is 0 Å². The van der Waals surface area contributed by atoms with Gasteiger partial charge in [-0.15, -0.1) is 6.42 Å². The molecule has 0 aliphatic heterocycles. The van der Waals surface area contributed by atoms with E-state index in [-0.39, 0.29) is 5.91 Å². The maximum Gasteiger partial charge on any atom is 0.236 e. The van der Waals surface area contributed by atoms with Crippen LogP contribution >= 0.6 is 0 Å². The Morgan fingerprint density at radius 1 is 1.57 bits per heavy atom. The van der Waals surface area contributed by atoms with Crippen molar-refractivity contribution in [1.29, 1.82) is 0 Å². The second-order valence-corrected chi connectivity index (χ2v) is 3.24. The zero-order valence-electron chi connectivity index (χ0n) is 9.34. The molecule has 1 atom stereocenters. The molecular formula is C11H20N2O. The van der Waals surface area contributed by atoms with Crippen LogP contribution in [0, 0.1) is 12.3 Å². The molecule has 0 spiro atoms. The molecule has 0 aromatic heterocycles. The smallest absolute Gasteiger partial charge is 0.236 e. The van der Waals surface area contributed by atoms with Gasteiger partial charge in [0.15, 0.2) is 0 Å². The molecule has 0 radical (unpaired) electrons.